The summed E-state index contributed by atoms with van der Waals surface area (Å²) in [5.41, 5.74) is 0.757. The fourth-order valence-corrected chi connectivity index (χ4v) is 2.98. The van der Waals surface area contributed by atoms with Crippen molar-refractivity contribution in [2.45, 2.75) is 6.54 Å². The third-order valence-corrected chi connectivity index (χ3v) is 4.47. The van der Waals surface area contributed by atoms with Crippen LogP contribution in [0.1, 0.15) is 15.9 Å². The van der Waals surface area contributed by atoms with Crippen molar-refractivity contribution in [2.75, 3.05) is 12.4 Å². The monoisotopic (exact) mass is 419 g/mol. The molecule has 2 aromatic heterocycles. The lowest BCUT2D eigenvalue weighted by molar-refractivity contribution is -0.384. The van der Waals surface area contributed by atoms with Crippen LogP contribution in [-0.2, 0) is 6.54 Å². The van der Waals surface area contributed by atoms with E-state index in [9.17, 15) is 14.9 Å². The quantitative estimate of drug-likeness (QED) is 0.355. The maximum Gasteiger partial charge on any atom is 0.281 e. The van der Waals surface area contributed by atoms with Crippen LogP contribution in [0.5, 0.6) is 5.75 Å². The first-order valence-electron chi connectivity index (χ1n) is 9.22. The number of hydrogen-bond donors (Lipinski definition) is 1. The van der Waals surface area contributed by atoms with Crippen molar-refractivity contribution >= 4 is 17.5 Å². The van der Waals surface area contributed by atoms with Gasteiger partial charge in [0, 0.05) is 29.8 Å². The van der Waals surface area contributed by atoms with Gasteiger partial charge in [-0.05, 0) is 24.3 Å². The minimum Gasteiger partial charge on any atom is -0.496 e. The van der Waals surface area contributed by atoms with Crippen LogP contribution < -0.4 is 10.1 Å². The number of nitrogens with zero attached hydrogens (tertiary/aromatic N) is 4. The van der Waals surface area contributed by atoms with E-state index in [4.69, 9.17) is 9.15 Å². The van der Waals surface area contributed by atoms with Crippen LogP contribution in [0.2, 0.25) is 0 Å². The van der Waals surface area contributed by atoms with E-state index in [-0.39, 0.29) is 23.0 Å². The predicted octanol–water partition coefficient (Wildman–Crippen LogP) is 3.76. The molecule has 4 aromatic rings. The Morgan fingerprint density at radius 2 is 2.03 bits per heavy atom. The Balaban J connectivity index is 1.70. The summed E-state index contributed by atoms with van der Waals surface area (Å²) in [5, 5.41) is 18.4. The van der Waals surface area contributed by atoms with Crippen LogP contribution in [0.25, 0.3) is 11.6 Å². The second-order valence-corrected chi connectivity index (χ2v) is 6.43. The fourth-order valence-electron chi connectivity index (χ4n) is 2.98. The number of methoxy groups -OCH3 is 1. The number of nitrogens with one attached hydrogen (secondary N) is 1. The SMILES string of the molecule is COc1ccccc1CNc1nc(-c2ccco2)nn1C(=O)c1cccc([N+](=O)[O-])c1. The first-order chi connectivity index (χ1) is 15.1. The molecule has 0 unspecified atom stereocenters. The van der Waals surface area contributed by atoms with Gasteiger partial charge in [0.1, 0.15) is 5.75 Å². The molecule has 4 rings (SSSR count). The van der Waals surface area contributed by atoms with Crippen LogP contribution in [0.15, 0.2) is 71.3 Å². The summed E-state index contributed by atoms with van der Waals surface area (Å²) in [6.45, 7) is 0.308. The minimum atomic E-state index is -0.573. The molecule has 2 aromatic carbocycles. The summed E-state index contributed by atoms with van der Waals surface area (Å²) in [5.74, 6) is 0.847. The van der Waals surface area contributed by atoms with E-state index >= 15 is 0 Å². The highest BCUT2D eigenvalue weighted by molar-refractivity contribution is 5.97. The van der Waals surface area contributed by atoms with Gasteiger partial charge in [-0.25, -0.2) is 0 Å². The molecular formula is C21H17N5O5. The van der Waals surface area contributed by atoms with Crippen molar-refractivity contribution in [3.63, 3.8) is 0 Å². The van der Waals surface area contributed by atoms with Crippen LogP contribution in [-0.4, -0.2) is 32.7 Å². The zero-order valence-electron chi connectivity index (χ0n) is 16.4. The summed E-state index contributed by atoms with van der Waals surface area (Å²) in [6, 6.07) is 16.2. The molecule has 0 saturated heterocycles. The second-order valence-electron chi connectivity index (χ2n) is 6.43. The van der Waals surface area contributed by atoms with E-state index in [0.717, 1.165) is 10.2 Å². The predicted molar refractivity (Wildman–Crippen MR) is 111 cm³/mol. The van der Waals surface area contributed by atoms with Crippen molar-refractivity contribution in [3.8, 4) is 17.3 Å². The van der Waals surface area contributed by atoms with Gasteiger partial charge in [-0.3, -0.25) is 14.9 Å². The zero-order valence-corrected chi connectivity index (χ0v) is 16.4. The molecule has 1 N–H and O–H groups in total. The lowest BCUT2D eigenvalue weighted by Crippen LogP contribution is -2.18. The number of nitro benzene ring substituents is 1. The number of carbonyl (C=O) groups is 1. The fraction of sp³-hybridized carbons (Fsp3) is 0.0952. The van der Waals surface area contributed by atoms with E-state index in [1.807, 2.05) is 24.3 Å². The maximum absolute atomic E-state index is 13.1. The molecule has 0 aliphatic carbocycles. The van der Waals surface area contributed by atoms with Crippen molar-refractivity contribution in [3.05, 3.63) is 88.2 Å². The van der Waals surface area contributed by atoms with Crippen molar-refractivity contribution in [1.29, 1.82) is 0 Å². The molecule has 10 heteroatoms. The van der Waals surface area contributed by atoms with Gasteiger partial charge in [-0.15, -0.1) is 5.10 Å². The Labute approximate surface area is 176 Å². The molecule has 0 aliphatic rings. The number of ether oxygens (including phenoxy) is 1. The van der Waals surface area contributed by atoms with E-state index in [1.165, 1.54) is 30.5 Å². The zero-order chi connectivity index (χ0) is 21.8. The standard InChI is InChI=1S/C21H17N5O5/c1-30-17-9-3-2-6-15(17)13-22-21-23-19(18-10-5-11-31-18)24-25(21)20(27)14-7-4-8-16(12-14)26(28)29/h2-12H,13H2,1H3,(H,22,23,24). The van der Waals surface area contributed by atoms with Gasteiger partial charge < -0.3 is 14.5 Å². The lowest BCUT2D eigenvalue weighted by Gasteiger charge is -2.10. The highest BCUT2D eigenvalue weighted by Crippen LogP contribution is 2.23. The van der Waals surface area contributed by atoms with Crippen molar-refractivity contribution < 1.29 is 18.9 Å². The normalized spacial score (nSPS) is 10.6. The largest absolute Gasteiger partial charge is 0.496 e. The third-order valence-electron chi connectivity index (χ3n) is 4.47. The van der Waals surface area contributed by atoms with Gasteiger partial charge in [0.05, 0.1) is 18.3 Å². The number of anilines is 1. The molecule has 156 valence electrons. The molecule has 0 bridgehead atoms. The Kier molecular flexibility index (Phi) is 5.43. The van der Waals surface area contributed by atoms with Crippen molar-refractivity contribution in [1.82, 2.24) is 14.8 Å². The minimum absolute atomic E-state index is 0.102. The molecule has 2 heterocycles. The lowest BCUT2D eigenvalue weighted by atomic mass is 10.2. The maximum atomic E-state index is 13.1. The molecule has 0 aliphatic heterocycles. The first kappa shape index (κ1) is 19.8. The molecule has 31 heavy (non-hydrogen) atoms. The van der Waals surface area contributed by atoms with E-state index < -0.39 is 10.8 Å². The van der Waals surface area contributed by atoms with Crippen LogP contribution >= 0.6 is 0 Å². The smallest absolute Gasteiger partial charge is 0.281 e. The summed E-state index contributed by atoms with van der Waals surface area (Å²) < 4.78 is 11.8. The average molecular weight is 419 g/mol. The Morgan fingerprint density at radius 1 is 1.19 bits per heavy atom. The summed E-state index contributed by atoms with van der Waals surface area (Å²) in [6.07, 6.45) is 1.47. The Morgan fingerprint density at radius 3 is 2.77 bits per heavy atom. The number of para-hydroxylation sites is 1. The van der Waals surface area contributed by atoms with Crippen LogP contribution in [0, 0.1) is 10.1 Å². The van der Waals surface area contributed by atoms with Crippen LogP contribution in [0.4, 0.5) is 11.6 Å². The number of furan rings is 1. The number of non-ortho nitro benzene ring substituents is 1. The van der Waals surface area contributed by atoms with E-state index in [0.29, 0.717) is 18.1 Å². The number of rotatable bonds is 7. The molecule has 0 radical (unpaired) electrons. The summed E-state index contributed by atoms with van der Waals surface area (Å²) in [4.78, 5) is 28.0. The van der Waals surface area contributed by atoms with E-state index in [2.05, 4.69) is 15.4 Å². The average Bonchev–Trinajstić information content (AvgIpc) is 3.47. The molecule has 10 nitrogen and oxygen atoms in total. The van der Waals surface area contributed by atoms with Gasteiger partial charge in [0.15, 0.2) is 5.76 Å². The third kappa shape index (κ3) is 4.13. The highest BCUT2D eigenvalue weighted by Gasteiger charge is 2.21. The highest BCUT2D eigenvalue weighted by atomic mass is 16.6. The number of carbonyl (C=O) groups excluding carboxylic acids is 1. The van der Waals surface area contributed by atoms with Gasteiger partial charge in [0.25, 0.3) is 11.6 Å². The van der Waals surface area contributed by atoms with Crippen LogP contribution in [0.3, 0.4) is 0 Å². The van der Waals surface area contributed by atoms with Gasteiger partial charge >= 0.3 is 0 Å². The number of nitro groups is 1. The molecule has 0 atom stereocenters. The van der Waals surface area contributed by atoms with Gasteiger partial charge in [-0.1, -0.05) is 24.3 Å². The number of aromatic nitrogens is 3. The molecular weight excluding hydrogens is 402 g/mol. The molecule has 0 amide bonds. The van der Waals surface area contributed by atoms with E-state index in [1.54, 1.807) is 19.2 Å². The Hall–Kier alpha value is -4.47. The number of hydrogen-bond acceptors (Lipinski definition) is 8. The first-order valence-corrected chi connectivity index (χ1v) is 9.22. The molecule has 0 saturated carbocycles. The Bertz CT molecular complexity index is 1230. The summed E-state index contributed by atoms with van der Waals surface area (Å²) >= 11 is 0. The van der Waals surface area contributed by atoms with Gasteiger partial charge in [0.2, 0.25) is 11.8 Å². The van der Waals surface area contributed by atoms with Gasteiger partial charge in [-0.2, -0.15) is 9.67 Å². The van der Waals surface area contributed by atoms with Crippen molar-refractivity contribution in [2.24, 2.45) is 0 Å². The summed E-state index contributed by atoms with van der Waals surface area (Å²) in [7, 11) is 1.57. The molecule has 0 fully saturated rings. The molecule has 0 spiro atoms. The second kappa shape index (κ2) is 8.49. The topological polar surface area (TPSA) is 125 Å². The number of benzene rings is 2.